The van der Waals surface area contributed by atoms with E-state index in [4.69, 9.17) is 4.74 Å². The molecule has 1 fully saturated rings. The maximum Gasteiger partial charge on any atom is 0.166 e. The van der Waals surface area contributed by atoms with Crippen LogP contribution in [0.5, 0.6) is 5.75 Å². The largest absolute Gasteiger partial charge is 0.496 e. The van der Waals surface area contributed by atoms with E-state index >= 15 is 0 Å². The third kappa shape index (κ3) is 4.32. The van der Waals surface area contributed by atoms with Gasteiger partial charge in [0.2, 0.25) is 0 Å². The van der Waals surface area contributed by atoms with Crippen molar-refractivity contribution >= 4 is 5.82 Å². The fraction of sp³-hybridized carbons (Fsp3) is 0.250. The van der Waals surface area contributed by atoms with Crippen LogP contribution in [0, 0.1) is 11.6 Å². The SMILES string of the molecule is COc1cccc(F)c1-c1nccc(-c2cnn(-c3cc(F)cc(N4CCN(C)CC4)n3)c2)n1. The molecule has 3 aromatic heterocycles. The summed E-state index contributed by atoms with van der Waals surface area (Å²) in [6.45, 7) is 3.34. The highest BCUT2D eigenvalue weighted by Gasteiger charge is 2.18. The average Bonchev–Trinajstić information content (AvgIpc) is 3.34. The number of benzene rings is 1. The summed E-state index contributed by atoms with van der Waals surface area (Å²) in [6, 6.07) is 9.03. The van der Waals surface area contributed by atoms with Crippen molar-refractivity contribution in [2.24, 2.45) is 0 Å². The van der Waals surface area contributed by atoms with Crippen molar-refractivity contribution in [1.29, 1.82) is 0 Å². The molecule has 0 radical (unpaired) electrons. The number of halogens is 2. The van der Waals surface area contributed by atoms with Gasteiger partial charge in [-0.25, -0.2) is 28.4 Å². The van der Waals surface area contributed by atoms with E-state index in [0.717, 1.165) is 26.2 Å². The van der Waals surface area contributed by atoms with Crippen LogP contribution in [0.4, 0.5) is 14.6 Å². The smallest absolute Gasteiger partial charge is 0.166 e. The van der Waals surface area contributed by atoms with Gasteiger partial charge in [0.25, 0.3) is 0 Å². The molecule has 1 aromatic carbocycles. The van der Waals surface area contributed by atoms with Gasteiger partial charge in [0, 0.05) is 56.3 Å². The fourth-order valence-electron chi connectivity index (χ4n) is 3.90. The highest BCUT2D eigenvalue weighted by molar-refractivity contribution is 5.68. The molecular formula is C24H23F2N7O. The number of methoxy groups -OCH3 is 1. The monoisotopic (exact) mass is 463 g/mol. The summed E-state index contributed by atoms with van der Waals surface area (Å²) in [7, 11) is 3.53. The number of ether oxygens (including phenoxy) is 1. The number of likely N-dealkylation sites (N-methyl/N-ethyl adjacent to an activating group) is 1. The first-order valence-corrected chi connectivity index (χ1v) is 10.8. The van der Waals surface area contributed by atoms with Crippen LogP contribution in [0.25, 0.3) is 28.5 Å². The predicted molar refractivity (Wildman–Crippen MR) is 124 cm³/mol. The van der Waals surface area contributed by atoms with Gasteiger partial charge >= 0.3 is 0 Å². The number of anilines is 1. The Morgan fingerprint density at radius 3 is 2.56 bits per heavy atom. The molecule has 0 spiro atoms. The van der Waals surface area contributed by atoms with Crippen LogP contribution in [0.15, 0.2) is 55.0 Å². The Morgan fingerprint density at radius 2 is 1.76 bits per heavy atom. The molecule has 34 heavy (non-hydrogen) atoms. The number of hydrogen-bond donors (Lipinski definition) is 0. The lowest BCUT2D eigenvalue weighted by Crippen LogP contribution is -2.44. The Kier molecular flexibility index (Phi) is 5.89. The molecule has 174 valence electrons. The van der Waals surface area contributed by atoms with Gasteiger partial charge in [-0.3, -0.25) is 0 Å². The van der Waals surface area contributed by atoms with Gasteiger partial charge in [0.05, 0.1) is 24.6 Å². The molecule has 0 saturated carbocycles. The topological polar surface area (TPSA) is 72.2 Å². The van der Waals surface area contributed by atoms with E-state index in [2.05, 4.69) is 36.9 Å². The van der Waals surface area contributed by atoms with Crippen molar-refractivity contribution in [1.82, 2.24) is 29.6 Å². The molecule has 0 bridgehead atoms. The third-order valence-corrected chi connectivity index (χ3v) is 5.78. The Morgan fingerprint density at radius 1 is 0.971 bits per heavy atom. The van der Waals surface area contributed by atoms with Crippen molar-refractivity contribution in [3.8, 4) is 34.2 Å². The minimum absolute atomic E-state index is 0.183. The van der Waals surface area contributed by atoms with Crippen molar-refractivity contribution in [2.45, 2.75) is 0 Å². The van der Waals surface area contributed by atoms with Crippen LogP contribution in [-0.2, 0) is 0 Å². The van der Waals surface area contributed by atoms with E-state index in [1.165, 1.54) is 30.0 Å². The van der Waals surface area contributed by atoms with E-state index in [1.54, 1.807) is 36.8 Å². The normalized spacial score (nSPS) is 14.4. The van der Waals surface area contributed by atoms with Crippen LogP contribution >= 0.6 is 0 Å². The Hall–Kier alpha value is -3.92. The zero-order valence-electron chi connectivity index (χ0n) is 18.8. The molecular weight excluding hydrogens is 440 g/mol. The molecule has 1 aliphatic heterocycles. The average molecular weight is 463 g/mol. The second-order valence-electron chi connectivity index (χ2n) is 8.05. The highest BCUT2D eigenvalue weighted by Crippen LogP contribution is 2.31. The van der Waals surface area contributed by atoms with E-state index in [1.807, 2.05) is 0 Å². The lowest BCUT2D eigenvalue weighted by molar-refractivity contribution is 0.312. The first kappa shape index (κ1) is 21.9. The van der Waals surface area contributed by atoms with Gasteiger partial charge < -0.3 is 14.5 Å². The summed E-state index contributed by atoms with van der Waals surface area (Å²) >= 11 is 0. The number of nitrogens with zero attached hydrogens (tertiary/aromatic N) is 7. The number of rotatable bonds is 5. The first-order chi connectivity index (χ1) is 16.5. The molecule has 8 nitrogen and oxygen atoms in total. The Labute approximate surface area is 195 Å². The Bertz CT molecular complexity index is 1320. The molecule has 0 amide bonds. The summed E-state index contributed by atoms with van der Waals surface area (Å²) in [5.74, 6) is 0.621. The van der Waals surface area contributed by atoms with E-state index in [0.29, 0.717) is 28.6 Å². The van der Waals surface area contributed by atoms with Gasteiger partial charge in [-0.05, 0) is 25.2 Å². The second-order valence-corrected chi connectivity index (χ2v) is 8.05. The number of hydrogen-bond acceptors (Lipinski definition) is 7. The van der Waals surface area contributed by atoms with Crippen LogP contribution in [0.1, 0.15) is 0 Å². The minimum Gasteiger partial charge on any atom is -0.496 e. The number of pyridine rings is 1. The lowest BCUT2D eigenvalue weighted by atomic mass is 10.1. The number of piperazine rings is 1. The van der Waals surface area contributed by atoms with Gasteiger partial charge in [0.1, 0.15) is 23.2 Å². The van der Waals surface area contributed by atoms with Crippen molar-refractivity contribution in [3.05, 3.63) is 66.6 Å². The van der Waals surface area contributed by atoms with Crippen LogP contribution in [0.3, 0.4) is 0 Å². The maximum absolute atomic E-state index is 14.5. The zero-order chi connectivity index (χ0) is 23.7. The van der Waals surface area contributed by atoms with E-state index in [-0.39, 0.29) is 17.2 Å². The number of aromatic nitrogens is 5. The Balaban J connectivity index is 1.46. The summed E-state index contributed by atoms with van der Waals surface area (Å²) in [6.07, 6.45) is 4.86. The molecule has 1 saturated heterocycles. The first-order valence-electron chi connectivity index (χ1n) is 10.8. The molecule has 0 unspecified atom stereocenters. The second kappa shape index (κ2) is 9.14. The molecule has 10 heteroatoms. The van der Waals surface area contributed by atoms with E-state index in [9.17, 15) is 8.78 Å². The summed E-state index contributed by atoms with van der Waals surface area (Å²) < 4.78 is 35.7. The van der Waals surface area contributed by atoms with E-state index < -0.39 is 5.82 Å². The van der Waals surface area contributed by atoms with Crippen LogP contribution < -0.4 is 9.64 Å². The molecule has 0 aliphatic carbocycles. The van der Waals surface area contributed by atoms with Crippen molar-refractivity contribution < 1.29 is 13.5 Å². The molecule has 4 heterocycles. The molecule has 4 aromatic rings. The lowest BCUT2D eigenvalue weighted by Gasteiger charge is -2.33. The summed E-state index contributed by atoms with van der Waals surface area (Å²) in [5.41, 5.74) is 1.38. The van der Waals surface area contributed by atoms with Crippen molar-refractivity contribution in [3.63, 3.8) is 0 Å². The van der Waals surface area contributed by atoms with Gasteiger partial charge in [-0.15, -0.1) is 0 Å². The predicted octanol–water partition coefficient (Wildman–Crippen LogP) is 3.43. The molecule has 1 aliphatic rings. The van der Waals surface area contributed by atoms with Crippen molar-refractivity contribution in [2.75, 3.05) is 45.2 Å². The quantitative estimate of drug-likeness (QED) is 0.449. The molecule has 5 rings (SSSR count). The maximum atomic E-state index is 14.5. The fourth-order valence-corrected chi connectivity index (χ4v) is 3.90. The molecule has 0 atom stereocenters. The van der Waals surface area contributed by atoms with Gasteiger partial charge in [-0.2, -0.15) is 5.10 Å². The van der Waals surface area contributed by atoms with Gasteiger partial charge in [-0.1, -0.05) is 6.07 Å². The van der Waals surface area contributed by atoms with Gasteiger partial charge in [0.15, 0.2) is 11.6 Å². The summed E-state index contributed by atoms with van der Waals surface area (Å²) in [5, 5.41) is 4.36. The third-order valence-electron chi connectivity index (χ3n) is 5.78. The highest BCUT2D eigenvalue weighted by atomic mass is 19.1. The summed E-state index contributed by atoms with van der Waals surface area (Å²) in [4.78, 5) is 17.7. The van der Waals surface area contributed by atoms with Crippen LogP contribution in [-0.4, -0.2) is 70.0 Å². The standard InChI is InChI=1S/C24H23F2N7O/c1-31-8-10-32(11-9-31)21-12-17(25)13-22(30-21)33-15-16(14-28-33)19-6-7-27-24(29-19)23-18(26)4-3-5-20(23)34-2/h3-7,12-15H,8-11H2,1-2H3. The molecule has 0 N–H and O–H groups in total. The minimum atomic E-state index is -0.479. The van der Waals surface area contributed by atoms with Crippen LogP contribution in [0.2, 0.25) is 0 Å². The zero-order valence-corrected chi connectivity index (χ0v) is 18.8.